The fraction of sp³-hybridized carbons (Fsp3) is 0.500. The molecular formula is C14H18BNO6. The van der Waals surface area contributed by atoms with Gasteiger partial charge in [0.1, 0.15) is 0 Å². The van der Waals surface area contributed by atoms with E-state index in [2.05, 4.69) is 0 Å². The average molecular weight is 307 g/mol. The van der Waals surface area contributed by atoms with Crippen molar-refractivity contribution in [1.82, 2.24) is 0 Å². The van der Waals surface area contributed by atoms with Crippen LogP contribution in [0.1, 0.15) is 43.6 Å². The molecular weight excluding hydrogens is 289 g/mol. The summed E-state index contributed by atoms with van der Waals surface area (Å²) in [5.41, 5.74) is -1.17. The number of nitro groups is 1. The van der Waals surface area contributed by atoms with E-state index in [-0.39, 0.29) is 16.8 Å². The van der Waals surface area contributed by atoms with Gasteiger partial charge in [0.2, 0.25) is 0 Å². The van der Waals surface area contributed by atoms with E-state index in [1.165, 1.54) is 19.1 Å². The van der Waals surface area contributed by atoms with Crippen molar-refractivity contribution in [2.75, 3.05) is 0 Å². The van der Waals surface area contributed by atoms with Crippen molar-refractivity contribution in [2.45, 2.75) is 45.8 Å². The van der Waals surface area contributed by atoms with Crippen LogP contribution in [0, 0.1) is 17.0 Å². The van der Waals surface area contributed by atoms with Crippen molar-refractivity contribution < 1.29 is 24.1 Å². The van der Waals surface area contributed by atoms with Gasteiger partial charge < -0.3 is 14.4 Å². The summed E-state index contributed by atoms with van der Waals surface area (Å²) in [6, 6.07) is 2.68. The third kappa shape index (κ3) is 2.59. The molecule has 0 amide bonds. The molecule has 0 unspecified atom stereocenters. The number of nitro benzene ring substituents is 1. The Morgan fingerprint density at radius 3 is 2.14 bits per heavy atom. The van der Waals surface area contributed by atoms with E-state index < -0.39 is 29.2 Å². The van der Waals surface area contributed by atoms with Gasteiger partial charge >= 0.3 is 13.1 Å². The second kappa shape index (κ2) is 5.07. The lowest BCUT2D eigenvalue weighted by Gasteiger charge is -2.32. The van der Waals surface area contributed by atoms with Crippen LogP contribution in [0.2, 0.25) is 0 Å². The quantitative estimate of drug-likeness (QED) is 0.520. The second-order valence-electron chi connectivity index (χ2n) is 6.36. The molecule has 0 atom stereocenters. The number of aromatic carboxylic acids is 1. The van der Waals surface area contributed by atoms with Crippen molar-refractivity contribution in [2.24, 2.45) is 0 Å². The molecule has 1 aromatic rings. The second-order valence-corrected chi connectivity index (χ2v) is 6.36. The number of carboxylic acid groups (broad SMARTS) is 1. The molecule has 22 heavy (non-hydrogen) atoms. The molecule has 118 valence electrons. The highest BCUT2D eigenvalue weighted by Gasteiger charge is 2.52. The van der Waals surface area contributed by atoms with Gasteiger partial charge in [-0.15, -0.1) is 0 Å². The maximum atomic E-state index is 11.3. The van der Waals surface area contributed by atoms with Crippen LogP contribution in [-0.2, 0) is 9.31 Å². The summed E-state index contributed by atoms with van der Waals surface area (Å²) in [6.07, 6.45) is 0. The summed E-state index contributed by atoms with van der Waals surface area (Å²) in [5, 5.41) is 20.4. The molecule has 2 rings (SSSR count). The lowest BCUT2D eigenvalue weighted by Crippen LogP contribution is -2.41. The number of nitrogens with zero attached hydrogens (tertiary/aromatic N) is 1. The predicted octanol–water partition coefficient (Wildman–Crippen LogP) is 1.90. The zero-order chi connectivity index (χ0) is 16.9. The predicted molar refractivity (Wildman–Crippen MR) is 80.5 cm³/mol. The first-order valence-corrected chi connectivity index (χ1v) is 6.84. The Morgan fingerprint density at radius 1 is 1.23 bits per heavy atom. The molecule has 0 saturated carbocycles. The van der Waals surface area contributed by atoms with Crippen molar-refractivity contribution in [3.8, 4) is 0 Å². The molecule has 0 bridgehead atoms. The molecule has 1 aromatic carbocycles. The fourth-order valence-electron chi connectivity index (χ4n) is 2.25. The van der Waals surface area contributed by atoms with Gasteiger partial charge in [-0.3, -0.25) is 10.1 Å². The van der Waals surface area contributed by atoms with Crippen LogP contribution in [0.5, 0.6) is 0 Å². The lowest BCUT2D eigenvalue weighted by molar-refractivity contribution is -0.385. The van der Waals surface area contributed by atoms with Crippen molar-refractivity contribution >= 4 is 24.2 Å². The van der Waals surface area contributed by atoms with Gasteiger partial charge in [-0.1, -0.05) is 0 Å². The summed E-state index contributed by atoms with van der Waals surface area (Å²) in [5.74, 6) is -1.22. The minimum Gasteiger partial charge on any atom is -0.478 e. The Balaban J connectivity index is 2.54. The molecule has 1 saturated heterocycles. The zero-order valence-electron chi connectivity index (χ0n) is 13.2. The first kappa shape index (κ1) is 16.4. The molecule has 1 aliphatic heterocycles. The van der Waals surface area contributed by atoms with Crippen LogP contribution in [-0.4, -0.2) is 34.3 Å². The van der Waals surface area contributed by atoms with Gasteiger partial charge in [0.15, 0.2) is 0 Å². The third-order valence-electron chi connectivity index (χ3n) is 4.36. The molecule has 1 fully saturated rings. The summed E-state index contributed by atoms with van der Waals surface area (Å²) in [4.78, 5) is 21.9. The number of carboxylic acids is 1. The SMILES string of the molecule is Cc1c(C(=O)O)cc(B2OC(C)(C)C(C)(C)O2)cc1[N+](=O)[O-]. The maximum absolute atomic E-state index is 11.3. The largest absolute Gasteiger partial charge is 0.495 e. The zero-order valence-corrected chi connectivity index (χ0v) is 13.2. The van der Waals surface area contributed by atoms with E-state index in [0.29, 0.717) is 5.46 Å². The Bertz CT molecular complexity index is 604. The lowest BCUT2D eigenvalue weighted by atomic mass is 9.77. The highest BCUT2D eigenvalue weighted by molar-refractivity contribution is 6.62. The molecule has 0 aromatic heterocycles. The summed E-state index contributed by atoms with van der Waals surface area (Å²) < 4.78 is 11.6. The first-order chi connectivity index (χ1) is 9.96. The summed E-state index contributed by atoms with van der Waals surface area (Å²) in [7, 11) is -0.845. The Labute approximate surface area is 128 Å². The number of rotatable bonds is 3. The highest BCUT2D eigenvalue weighted by atomic mass is 16.7. The van der Waals surface area contributed by atoms with E-state index in [0.717, 1.165) is 0 Å². The molecule has 1 heterocycles. The minimum absolute atomic E-state index is 0.109. The summed E-state index contributed by atoms with van der Waals surface area (Å²) >= 11 is 0. The van der Waals surface area contributed by atoms with E-state index in [1.54, 1.807) is 0 Å². The molecule has 8 heteroatoms. The topological polar surface area (TPSA) is 98.9 Å². The molecule has 0 spiro atoms. The van der Waals surface area contributed by atoms with Crippen LogP contribution in [0.15, 0.2) is 12.1 Å². The summed E-state index contributed by atoms with van der Waals surface area (Å²) in [6.45, 7) is 8.83. The highest BCUT2D eigenvalue weighted by Crippen LogP contribution is 2.37. The van der Waals surface area contributed by atoms with E-state index in [1.807, 2.05) is 27.7 Å². The van der Waals surface area contributed by atoms with E-state index >= 15 is 0 Å². The van der Waals surface area contributed by atoms with Crippen molar-refractivity contribution in [3.63, 3.8) is 0 Å². The van der Waals surface area contributed by atoms with E-state index in [4.69, 9.17) is 9.31 Å². The van der Waals surface area contributed by atoms with Crippen molar-refractivity contribution in [1.29, 1.82) is 0 Å². The van der Waals surface area contributed by atoms with Crippen LogP contribution in [0.25, 0.3) is 0 Å². The number of benzene rings is 1. The third-order valence-corrected chi connectivity index (χ3v) is 4.36. The number of hydrogen-bond acceptors (Lipinski definition) is 5. The van der Waals surface area contributed by atoms with Gasteiger partial charge in [-0.05, 0) is 46.1 Å². The van der Waals surface area contributed by atoms with Gasteiger partial charge in [0, 0.05) is 11.6 Å². The van der Waals surface area contributed by atoms with Gasteiger partial charge in [0.05, 0.1) is 21.7 Å². The minimum atomic E-state index is -1.22. The van der Waals surface area contributed by atoms with Gasteiger partial charge in [-0.25, -0.2) is 4.79 Å². The monoisotopic (exact) mass is 307 g/mol. The fourth-order valence-corrected chi connectivity index (χ4v) is 2.25. The normalized spacial score (nSPS) is 19.2. The molecule has 0 aliphatic carbocycles. The number of carbonyl (C=O) groups is 1. The Morgan fingerprint density at radius 2 is 1.73 bits per heavy atom. The molecule has 1 aliphatic rings. The average Bonchev–Trinajstić information content (AvgIpc) is 2.57. The number of hydrogen-bond donors (Lipinski definition) is 1. The van der Waals surface area contributed by atoms with Crippen LogP contribution in [0.4, 0.5) is 5.69 Å². The molecule has 1 N–H and O–H groups in total. The molecule has 7 nitrogen and oxygen atoms in total. The van der Waals surface area contributed by atoms with Crippen molar-refractivity contribution in [3.05, 3.63) is 33.4 Å². The smallest absolute Gasteiger partial charge is 0.478 e. The Hall–Kier alpha value is -1.93. The standard InChI is InChI=1S/C14H18BNO6/c1-8-10(12(17)18)6-9(7-11(8)16(19)20)15-21-13(2,3)14(4,5)22-15/h6-7H,1-5H3,(H,17,18). The van der Waals surface area contributed by atoms with E-state index in [9.17, 15) is 20.0 Å². The molecule has 0 radical (unpaired) electrons. The Kier molecular flexibility index (Phi) is 3.79. The van der Waals surface area contributed by atoms with Crippen LogP contribution >= 0.6 is 0 Å². The van der Waals surface area contributed by atoms with Gasteiger partial charge in [0.25, 0.3) is 5.69 Å². The van der Waals surface area contributed by atoms with Crippen LogP contribution < -0.4 is 5.46 Å². The maximum Gasteiger partial charge on any atom is 0.495 e. The van der Waals surface area contributed by atoms with Gasteiger partial charge in [-0.2, -0.15) is 0 Å². The van der Waals surface area contributed by atoms with Crippen LogP contribution in [0.3, 0.4) is 0 Å². The first-order valence-electron chi connectivity index (χ1n) is 6.84.